The van der Waals surface area contributed by atoms with Crippen LogP contribution in [-0.4, -0.2) is 42.5 Å². The van der Waals surface area contributed by atoms with Crippen molar-refractivity contribution < 1.29 is 14.2 Å². The van der Waals surface area contributed by atoms with Gasteiger partial charge in [-0.15, -0.1) is 0 Å². The van der Waals surface area contributed by atoms with Crippen LogP contribution in [0.25, 0.3) is 11.2 Å². The summed E-state index contributed by atoms with van der Waals surface area (Å²) >= 11 is 0. The fourth-order valence-corrected chi connectivity index (χ4v) is 3.45. The molecule has 0 aliphatic carbocycles. The molecule has 8 heteroatoms. The van der Waals surface area contributed by atoms with Crippen molar-refractivity contribution in [3.63, 3.8) is 0 Å². The Morgan fingerprint density at radius 1 is 1.22 bits per heavy atom. The standard InChI is InChI=1S/C15H22FN5O2/c1-12(2)14(4,16)13(3,6-22)23-15(12,5)21-8-20-9-10(17)18-7-19-11(9)21/h7-8,22H,6H2,1-5H3,(H2,17,18,19). The summed E-state index contributed by atoms with van der Waals surface area (Å²) in [6.07, 6.45) is 2.86. The van der Waals surface area contributed by atoms with Gasteiger partial charge in [-0.1, -0.05) is 13.8 Å². The van der Waals surface area contributed by atoms with Gasteiger partial charge in [0.15, 0.2) is 17.2 Å². The lowest BCUT2D eigenvalue weighted by Gasteiger charge is -2.42. The number of nitrogens with two attached hydrogens (primary N) is 1. The number of ether oxygens (including phenoxy) is 1. The summed E-state index contributed by atoms with van der Waals surface area (Å²) in [5, 5.41) is 9.74. The average molecular weight is 323 g/mol. The summed E-state index contributed by atoms with van der Waals surface area (Å²) < 4.78 is 23.4. The number of rotatable bonds is 2. The van der Waals surface area contributed by atoms with Crippen LogP contribution in [-0.2, 0) is 10.5 Å². The average Bonchev–Trinajstić information content (AvgIpc) is 2.95. The van der Waals surface area contributed by atoms with Gasteiger partial charge in [-0.2, -0.15) is 0 Å². The Balaban J connectivity index is 2.27. The van der Waals surface area contributed by atoms with Gasteiger partial charge in [-0.25, -0.2) is 19.3 Å². The van der Waals surface area contributed by atoms with E-state index >= 15 is 4.39 Å². The van der Waals surface area contributed by atoms with Gasteiger partial charge in [-0.3, -0.25) is 4.57 Å². The van der Waals surface area contributed by atoms with Gasteiger partial charge < -0.3 is 15.6 Å². The molecule has 0 aromatic carbocycles. The minimum absolute atomic E-state index is 0.251. The molecule has 3 atom stereocenters. The van der Waals surface area contributed by atoms with Crippen molar-refractivity contribution >= 4 is 17.0 Å². The molecule has 0 bridgehead atoms. The van der Waals surface area contributed by atoms with Crippen molar-refractivity contribution in [2.45, 2.75) is 51.6 Å². The molecule has 1 aliphatic rings. The van der Waals surface area contributed by atoms with Gasteiger partial charge >= 0.3 is 0 Å². The summed E-state index contributed by atoms with van der Waals surface area (Å²) in [5.74, 6) is 0.251. The maximum absolute atomic E-state index is 15.6. The molecular formula is C15H22FN5O2. The topological polar surface area (TPSA) is 99.1 Å². The Morgan fingerprint density at radius 3 is 2.43 bits per heavy atom. The SMILES string of the molecule is CC1(CO)OC(C)(n2cnc3c(N)ncnc32)C(C)(C)C1(C)F. The zero-order valence-electron chi connectivity index (χ0n) is 14.0. The number of fused-ring (bicyclic) bond motifs is 1. The van der Waals surface area contributed by atoms with Crippen LogP contribution in [0.3, 0.4) is 0 Å². The van der Waals surface area contributed by atoms with Crippen LogP contribution < -0.4 is 5.73 Å². The second kappa shape index (κ2) is 4.39. The molecule has 1 fully saturated rings. The van der Waals surface area contributed by atoms with Crippen molar-refractivity contribution in [1.29, 1.82) is 0 Å². The van der Waals surface area contributed by atoms with E-state index < -0.39 is 29.0 Å². The van der Waals surface area contributed by atoms with E-state index in [9.17, 15) is 5.11 Å². The molecule has 2 aromatic rings. The van der Waals surface area contributed by atoms with Crippen LogP contribution >= 0.6 is 0 Å². The van der Waals surface area contributed by atoms with E-state index in [1.54, 1.807) is 32.3 Å². The third-order valence-corrected chi connectivity index (χ3v) is 5.87. The van der Waals surface area contributed by atoms with Crippen LogP contribution in [0.5, 0.6) is 0 Å². The number of alkyl halides is 1. The maximum atomic E-state index is 15.6. The normalized spacial score (nSPS) is 36.7. The number of halogens is 1. The molecule has 1 aliphatic heterocycles. The number of aromatic nitrogens is 4. The second-order valence-corrected chi connectivity index (χ2v) is 7.15. The highest BCUT2D eigenvalue weighted by Gasteiger charge is 2.72. The molecule has 0 saturated carbocycles. The molecule has 126 valence electrons. The highest BCUT2D eigenvalue weighted by atomic mass is 19.1. The number of anilines is 1. The van der Waals surface area contributed by atoms with Gasteiger partial charge in [0.1, 0.15) is 23.1 Å². The summed E-state index contributed by atoms with van der Waals surface area (Å²) in [7, 11) is 0. The predicted octanol–water partition coefficient (Wildman–Crippen LogP) is 1.62. The number of hydrogen-bond acceptors (Lipinski definition) is 6. The molecular weight excluding hydrogens is 301 g/mol. The van der Waals surface area contributed by atoms with E-state index in [0.29, 0.717) is 11.2 Å². The fraction of sp³-hybridized carbons (Fsp3) is 0.667. The fourth-order valence-electron chi connectivity index (χ4n) is 3.45. The van der Waals surface area contributed by atoms with Gasteiger partial charge in [0.05, 0.1) is 12.9 Å². The van der Waals surface area contributed by atoms with E-state index in [1.165, 1.54) is 19.6 Å². The number of hydrogen-bond donors (Lipinski definition) is 2. The number of imidazole rings is 1. The van der Waals surface area contributed by atoms with E-state index in [0.717, 1.165) is 0 Å². The van der Waals surface area contributed by atoms with Crippen LogP contribution in [0.15, 0.2) is 12.7 Å². The molecule has 0 radical (unpaired) electrons. The Morgan fingerprint density at radius 2 is 1.87 bits per heavy atom. The van der Waals surface area contributed by atoms with E-state index in [-0.39, 0.29) is 5.82 Å². The number of aliphatic hydroxyl groups is 1. The van der Waals surface area contributed by atoms with Crippen LogP contribution in [0.1, 0.15) is 34.6 Å². The smallest absolute Gasteiger partial charge is 0.167 e. The quantitative estimate of drug-likeness (QED) is 0.871. The summed E-state index contributed by atoms with van der Waals surface area (Å²) in [6, 6.07) is 0. The lowest BCUT2D eigenvalue weighted by molar-refractivity contribution is -0.174. The van der Waals surface area contributed by atoms with Crippen LogP contribution in [0.2, 0.25) is 0 Å². The third kappa shape index (κ3) is 1.68. The molecule has 2 aromatic heterocycles. The number of nitrogens with zero attached hydrogens (tertiary/aromatic N) is 4. The first-order valence-electron chi connectivity index (χ1n) is 7.46. The van der Waals surface area contributed by atoms with Crippen molar-refractivity contribution in [2.24, 2.45) is 5.41 Å². The molecule has 7 nitrogen and oxygen atoms in total. The minimum Gasteiger partial charge on any atom is -0.393 e. The predicted molar refractivity (Wildman–Crippen MR) is 83.3 cm³/mol. The summed E-state index contributed by atoms with van der Waals surface area (Å²) in [6.45, 7) is 7.89. The second-order valence-electron chi connectivity index (χ2n) is 7.15. The van der Waals surface area contributed by atoms with Crippen molar-refractivity contribution in [3.05, 3.63) is 12.7 Å². The van der Waals surface area contributed by atoms with E-state index in [1.807, 2.05) is 0 Å². The first kappa shape index (κ1) is 16.1. The zero-order valence-corrected chi connectivity index (χ0v) is 14.0. The Labute approximate surface area is 133 Å². The maximum Gasteiger partial charge on any atom is 0.167 e. The van der Waals surface area contributed by atoms with Crippen LogP contribution in [0.4, 0.5) is 10.2 Å². The lowest BCUT2D eigenvalue weighted by atomic mass is 9.67. The first-order valence-corrected chi connectivity index (χ1v) is 7.46. The van der Waals surface area contributed by atoms with Gasteiger partial charge in [0, 0.05) is 5.41 Å². The first-order chi connectivity index (χ1) is 10.5. The Bertz CT molecular complexity index is 774. The largest absolute Gasteiger partial charge is 0.393 e. The monoisotopic (exact) mass is 323 g/mol. The number of nitrogen functional groups attached to an aromatic ring is 1. The highest BCUT2D eigenvalue weighted by molar-refractivity contribution is 5.81. The van der Waals surface area contributed by atoms with E-state index in [2.05, 4.69) is 15.0 Å². The minimum atomic E-state index is -1.79. The molecule has 3 unspecified atom stereocenters. The van der Waals surface area contributed by atoms with Crippen molar-refractivity contribution in [3.8, 4) is 0 Å². The zero-order chi connectivity index (χ0) is 17.3. The Kier molecular flexibility index (Phi) is 3.07. The molecule has 0 spiro atoms. The highest BCUT2D eigenvalue weighted by Crippen LogP contribution is 2.61. The molecule has 3 N–H and O–H groups in total. The molecule has 3 heterocycles. The summed E-state index contributed by atoms with van der Waals surface area (Å²) in [5.41, 5.74) is 1.47. The molecule has 0 amide bonds. The van der Waals surface area contributed by atoms with E-state index in [4.69, 9.17) is 10.5 Å². The van der Waals surface area contributed by atoms with Crippen molar-refractivity contribution in [2.75, 3.05) is 12.3 Å². The third-order valence-electron chi connectivity index (χ3n) is 5.87. The Hall–Kier alpha value is -1.80. The van der Waals surface area contributed by atoms with Gasteiger partial charge in [-0.05, 0) is 20.8 Å². The van der Waals surface area contributed by atoms with Crippen molar-refractivity contribution in [1.82, 2.24) is 19.5 Å². The molecule has 23 heavy (non-hydrogen) atoms. The van der Waals surface area contributed by atoms with Gasteiger partial charge in [0.25, 0.3) is 0 Å². The van der Waals surface area contributed by atoms with Gasteiger partial charge in [0.2, 0.25) is 0 Å². The molecule has 1 saturated heterocycles. The van der Waals surface area contributed by atoms with Crippen LogP contribution in [0, 0.1) is 5.41 Å². The molecule has 3 rings (SSSR count). The number of aliphatic hydroxyl groups excluding tert-OH is 1. The lowest BCUT2D eigenvalue weighted by Crippen LogP contribution is -2.53. The summed E-state index contributed by atoms with van der Waals surface area (Å²) in [4.78, 5) is 12.4.